The normalized spacial score (nSPS) is 10.4. The third-order valence-corrected chi connectivity index (χ3v) is 3.81. The van der Waals surface area contributed by atoms with Gasteiger partial charge < -0.3 is 10.1 Å². The molecule has 21 heavy (non-hydrogen) atoms. The Balaban J connectivity index is 2.15. The maximum Gasteiger partial charge on any atom is 0.296 e. The molecule has 0 aliphatic rings. The van der Waals surface area contributed by atoms with Crippen LogP contribution >= 0.6 is 11.3 Å². The molecule has 2 rings (SSSR count). The van der Waals surface area contributed by atoms with Crippen LogP contribution in [0.4, 0.5) is 0 Å². The van der Waals surface area contributed by atoms with Crippen molar-refractivity contribution < 1.29 is 9.53 Å². The molecule has 0 unspecified atom stereocenters. The Morgan fingerprint density at radius 2 is 2.00 bits per heavy atom. The number of thiophene rings is 1. The van der Waals surface area contributed by atoms with Gasteiger partial charge in [-0.25, -0.2) is 0 Å². The molecule has 0 atom stereocenters. The van der Waals surface area contributed by atoms with Gasteiger partial charge in [0.25, 0.3) is 5.91 Å². The summed E-state index contributed by atoms with van der Waals surface area (Å²) in [4.78, 5) is 12.9. The van der Waals surface area contributed by atoms with Crippen molar-refractivity contribution in [3.05, 3.63) is 52.2 Å². The summed E-state index contributed by atoms with van der Waals surface area (Å²) in [6.07, 6.45) is 0. The van der Waals surface area contributed by atoms with Crippen LogP contribution in [-0.2, 0) is 10.3 Å². The van der Waals surface area contributed by atoms with E-state index in [1.54, 1.807) is 7.11 Å². The van der Waals surface area contributed by atoms with E-state index in [4.69, 9.17) is 4.74 Å². The highest BCUT2D eigenvalue weighted by molar-refractivity contribution is 7.10. The number of benzene rings is 1. The monoisotopic (exact) mass is 299 g/mol. The zero-order valence-electron chi connectivity index (χ0n) is 12.3. The smallest absolute Gasteiger partial charge is 0.296 e. The predicted octanol–water partition coefficient (Wildman–Crippen LogP) is 3.16. The van der Waals surface area contributed by atoms with Crippen molar-refractivity contribution in [2.75, 3.05) is 7.11 Å². The third-order valence-electron chi connectivity index (χ3n) is 3.03. The lowest BCUT2D eigenvalue weighted by atomic mass is 9.93. The molecular weight excluding hydrogens is 282 g/mol. The number of hydrogen-bond acceptors (Lipinski definition) is 3. The first-order valence-corrected chi connectivity index (χ1v) is 7.42. The summed E-state index contributed by atoms with van der Waals surface area (Å²) < 4.78 is 5.35. The Hall–Kier alpha value is -2.25. The molecule has 1 aromatic heterocycles. The van der Waals surface area contributed by atoms with Gasteiger partial charge in [0.15, 0.2) is 0 Å². The van der Waals surface area contributed by atoms with Gasteiger partial charge in [-0.05, 0) is 37.3 Å². The molecule has 0 bridgehead atoms. The number of hydrogen-bond donors (Lipinski definition) is 1. The van der Waals surface area contributed by atoms with Gasteiger partial charge >= 0.3 is 0 Å². The van der Waals surface area contributed by atoms with E-state index in [2.05, 4.69) is 17.2 Å². The van der Waals surface area contributed by atoms with E-state index in [0.29, 0.717) is 0 Å². The van der Waals surface area contributed by atoms with Crippen LogP contribution in [0.1, 0.15) is 24.3 Å². The summed E-state index contributed by atoms with van der Waals surface area (Å²) in [5.74, 6) is 5.91. The van der Waals surface area contributed by atoms with Crippen LogP contribution in [0.5, 0.6) is 5.75 Å². The summed E-state index contributed by atoms with van der Waals surface area (Å²) in [6.45, 7) is 3.85. The second-order valence-electron chi connectivity index (χ2n) is 5.01. The van der Waals surface area contributed by atoms with E-state index >= 15 is 0 Å². The van der Waals surface area contributed by atoms with Crippen LogP contribution in [-0.4, -0.2) is 13.0 Å². The van der Waals surface area contributed by atoms with Gasteiger partial charge in [-0.15, -0.1) is 11.3 Å². The van der Waals surface area contributed by atoms with Crippen molar-refractivity contribution in [1.29, 1.82) is 0 Å². The zero-order chi connectivity index (χ0) is 15.3. The van der Waals surface area contributed by atoms with Crippen LogP contribution in [0.2, 0.25) is 0 Å². The lowest BCUT2D eigenvalue weighted by molar-refractivity contribution is -0.117. The lowest BCUT2D eigenvalue weighted by Crippen LogP contribution is -2.40. The number of amides is 1. The number of carbonyl (C=O) groups excluding carboxylic acids is 1. The molecule has 4 heteroatoms. The highest BCUT2D eigenvalue weighted by atomic mass is 32.1. The highest BCUT2D eigenvalue weighted by Gasteiger charge is 2.25. The number of carbonyl (C=O) groups is 1. The Kier molecular flexibility index (Phi) is 4.66. The third kappa shape index (κ3) is 3.87. The van der Waals surface area contributed by atoms with Gasteiger partial charge in [0.2, 0.25) is 0 Å². The van der Waals surface area contributed by atoms with E-state index in [1.165, 1.54) is 11.3 Å². The second kappa shape index (κ2) is 6.47. The van der Waals surface area contributed by atoms with Crippen LogP contribution < -0.4 is 10.1 Å². The molecule has 3 nitrogen and oxygen atoms in total. The Morgan fingerprint density at radius 1 is 1.24 bits per heavy atom. The van der Waals surface area contributed by atoms with E-state index in [1.807, 2.05) is 55.6 Å². The standard InChI is InChI=1S/C17H17NO2S/c1-17(2,14-8-4-5-9-15(14)20-3)18-16(19)11-10-13-7-6-12-21-13/h4-9,12H,1-3H3,(H,18,19). The topological polar surface area (TPSA) is 38.3 Å². The predicted molar refractivity (Wildman–Crippen MR) is 85.4 cm³/mol. The molecular formula is C17H17NO2S. The van der Waals surface area contributed by atoms with Crippen molar-refractivity contribution in [2.45, 2.75) is 19.4 Å². The van der Waals surface area contributed by atoms with E-state index in [0.717, 1.165) is 16.2 Å². The van der Waals surface area contributed by atoms with Crippen molar-refractivity contribution >= 4 is 17.2 Å². The molecule has 0 aliphatic carbocycles. The molecule has 0 spiro atoms. The number of para-hydroxylation sites is 1. The SMILES string of the molecule is COc1ccccc1C(C)(C)NC(=O)C#Cc1cccs1. The molecule has 1 aromatic carbocycles. The van der Waals surface area contributed by atoms with Gasteiger partial charge in [0.1, 0.15) is 5.75 Å². The van der Waals surface area contributed by atoms with E-state index in [9.17, 15) is 4.79 Å². The summed E-state index contributed by atoms with van der Waals surface area (Å²) in [5.41, 5.74) is 0.354. The van der Waals surface area contributed by atoms with Crippen LogP contribution in [0, 0.1) is 11.8 Å². The molecule has 0 saturated heterocycles. The fraction of sp³-hybridized carbons (Fsp3) is 0.235. The molecule has 0 saturated carbocycles. The van der Waals surface area contributed by atoms with Gasteiger partial charge in [-0.3, -0.25) is 4.79 Å². The molecule has 0 aliphatic heterocycles. The summed E-state index contributed by atoms with van der Waals surface area (Å²) >= 11 is 1.51. The maximum absolute atomic E-state index is 12.0. The van der Waals surface area contributed by atoms with Crippen molar-refractivity contribution in [3.63, 3.8) is 0 Å². The number of methoxy groups -OCH3 is 1. The van der Waals surface area contributed by atoms with Crippen molar-refractivity contribution in [1.82, 2.24) is 5.32 Å². The van der Waals surface area contributed by atoms with Crippen molar-refractivity contribution in [3.8, 4) is 17.6 Å². The Bertz CT molecular complexity index is 678. The molecule has 1 N–H and O–H groups in total. The fourth-order valence-electron chi connectivity index (χ4n) is 2.01. The minimum atomic E-state index is -0.562. The van der Waals surface area contributed by atoms with E-state index in [-0.39, 0.29) is 5.91 Å². The second-order valence-corrected chi connectivity index (χ2v) is 5.95. The van der Waals surface area contributed by atoms with Gasteiger partial charge in [-0.2, -0.15) is 0 Å². The molecule has 0 radical (unpaired) electrons. The minimum Gasteiger partial charge on any atom is -0.496 e. The van der Waals surface area contributed by atoms with Crippen molar-refractivity contribution in [2.24, 2.45) is 0 Å². The molecule has 1 heterocycles. The van der Waals surface area contributed by atoms with E-state index < -0.39 is 5.54 Å². The largest absolute Gasteiger partial charge is 0.496 e. The first kappa shape index (κ1) is 15.1. The van der Waals surface area contributed by atoms with Crippen LogP contribution in [0.3, 0.4) is 0 Å². The maximum atomic E-state index is 12.0. The first-order chi connectivity index (χ1) is 10.0. The average Bonchev–Trinajstić information content (AvgIpc) is 2.98. The van der Waals surface area contributed by atoms with Gasteiger partial charge in [0, 0.05) is 11.5 Å². The summed E-state index contributed by atoms with van der Waals surface area (Å²) in [5, 5.41) is 4.85. The summed E-state index contributed by atoms with van der Waals surface area (Å²) in [7, 11) is 1.62. The zero-order valence-corrected chi connectivity index (χ0v) is 13.1. The van der Waals surface area contributed by atoms with Gasteiger partial charge in [0.05, 0.1) is 17.5 Å². The molecule has 0 fully saturated rings. The first-order valence-electron chi connectivity index (χ1n) is 6.54. The quantitative estimate of drug-likeness (QED) is 0.884. The lowest BCUT2D eigenvalue weighted by Gasteiger charge is -2.27. The fourth-order valence-corrected chi connectivity index (χ4v) is 2.58. The Morgan fingerprint density at radius 3 is 2.67 bits per heavy atom. The van der Waals surface area contributed by atoms with Crippen LogP contribution in [0.25, 0.3) is 0 Å². The molecule has 108 valence electrons. The number of nitrogens with one attached hydrogen (secondary N) is 1. The average molecular weight is 299 g/mol. The number of ether oxygens (including phenoxy) is 1. The molecule has 2 aromatic rings. The highest BCUT2D eigenvalue weighted by Crippen LogP contribution is 2.29. The minimum absolute atomic E-state index is 0.306. The van der Waals surface area contributed by atoms with Gasteiger partial charge in [-0.1, -0.05) is 24.3 Å². The molecule has 1 amide bonds. The summed E-state index contributed by atoms with van der Waals surface area (Å²) in [6, 6.07) is 11.4. The number of rotatable bonds is 3. The van der Waals surface area contributed by atoms with Crippen LogP contribution in [0.15, 0.2) is 41.8 Å². The Labute approximate surface area is 129 Å².